The molecule has 0 bridgehead atoms. The highest BCUT2D eigenvalue weighted by Gasteiger charge is 2.13. The van der Waals surface area contributed by atoms with Crippen molar-refractivity contribution in [1.82, 2.24) is 15.0 Å². The van der Waals surface area contributed by atoms with E-state index in [0.29, 0.717) is 15.6 Å². The van der Waals surface area contributed by atoms with E-state index in [4.69, 9.17) is 11.6 Å². The van der Waals surface area contributed by atoms with Crippen LogP contribution in [0.1, 0.15) is 9.67 Å². The largest absolute Gasteiger partial charge is 0.338 e. The number of nitrogens with zero attached hydrogens (tertiary/aromatic N) is 2. The Morgan fingerprint density at radius 2 is 2.17 bits per heavy atom. The van der Waals surface area contributed by atoms with Gasteiger partial charge in [0.15, 0.2) is 0 Å². The number of hydrogen-bond acceptors (Lipinski definition) is 4. The maximum Gasteiger partial charge on any atom is 0.267 e. The van der Waals surface area contributed by atoms with Crippen LogP contribution in [-0.2, 0) is 0 Å². The molecule has 3 aromatic heterocycles. The quantitative estimate of drug-likeness (QED) is 0.565. The first-order valence-corrected chi connectivity index (χ1v) is 8.41. The van der Waals surface area contributed by atoms with Gasteiger partial charge in [0, 0.05) is 23.6 Å². The molecule has 0 aliphatic rings. The Kier molecular flexibility index (Phi) is 3.76. The van der Waals surface area contributed by atoms with Gasteiger partial charge in [-0.3, -0.25) is 9.78 Å². The standard InChI is InChI=1S/C17H11ClN4OS/c18-12-5-7-24-15(12)17(23)20-11-3-4-13-14(8-11)22-16(21-13)10-2-1-6-19-9-10/h1-9H,(H,20,23)(H,21,22). The highest BCUT2D eigenvalue weighted by Crippen LogP contribution is 2.25. The number of thiophene rings is 1. The van der Waals surface area contributed by atoms with Gasteiger partial charge in [0.25, 0.3) is 5.91 Å². The minimum Gasteiger partial charge on any atom is -0.338 e. The van der Waals surface area contributed by atoms with Crippen LogP contribution in [0.4, 0.5) is 5.69 Å². The molecule has 5 nitrogen and oxygen atoms in total. The molecule has 1 amide bonds. The van der Waals surface area contributed by atoms with E-state index in [1.165, 1.54) is 11.3 Å². The number of aromatic amines is 1. The van der Waals surface area contributed by atoms with E-state index in [9.17, 15) is 4.79 Å². The highest BCUT2D eigenvalue weighted by molar-refractivity contribution is 7.12. The molecule has 0 unspecified atom stereocenters. The monoisotopic (exact) mass is 354 g/mol. The number of anilines is 1. The number of aromatic nitrogens is 3. The van der Waals surface area contributed by atoms with E-state index < -0.39 is 0 Å². The number of pyridine rings is 1. The molecule has 1 aromatic carbocycles. The molecule has 118 valence electrons. The fraction of sp³-hybridized carbons (Fsp3) is 0. The Balaban J connectivity index is 1.64. The number of H-pyrrole nitrogens is 1. The fourth-order valence-corrected chi connectivity index (χ4v) is 3.41. The van der Waals surface area contributed by atoms with Gasteiger partial charge in [-0.25, -0.2) is 4.98 Å². The van der Waals surface area contributed by atoms with Crippen LogP contribution >= 0.6 is 22.9 Å². The number of amides is 1. The second-order valence-corrected chi connectivity index (χ2v) is 6.43. The number of benzene rings is 1. The summed E-state index contributed by atoms with van der Waals surface area (Å²) in [5, 5.41) is 5.10. The second-order valence-electron chi connectivity index (χ2n) is 5.11. The Bertz CT molecular complexity index is 1030. The van der Waals surface area contributed by atoms with Crippen molar-refractivity contribution in [1.29, 1.82) is 0 Å². The molecule has 3 heterocycles. The first-order valence-electron chi connectivity index (χ1n) is 7.15. The number of carbonyl (C=O) groups excluding carboxylic acids is 1. The summed E-state index contributed by atoms with van der Waals surface area (Å²) in [5.41, 5.74) is 3.24. The number of rotatable bonds is 3. The third-order valence-corrected chi connectivity index (χ3v) is 4.84. The third-order valence-electron chi connectivity index (χ3n) is 3.50. The predicted octanol–water partition coefficient (Wildman–Crippen LogP) is 4.59. The fourth-order valence-electron chi connectivity index (χ4n) is 2.37. The van der Waals surface area contributed by atoms with Crippen LogP contribution in [0.25, 0.3) is 22.4 Å². The summed E-state index contributed by atoms with van der Waals surface area (Å²) < 4.78 is 0. The molecule has 0 spiro atoms. The summed E-state index contributed by atoms with van der Waals surface area (Å²) >= 11 is 7.31. The minimum atomic E-state index is -0.221. The number of fused-ring (bicyclic) bond motifs is 1. The van der Waals surface area contributed by atoms with Crippen LogP contribution in [0.3, 0.4) is 0 Å². The predicted molar refractivity (Wildman–Crippen MR) is 96.6 cm³/mol. The molecule has 0 radical (unpaired) electrons. The van der Waals surface area contributed by atoms with Crippen molar-refractivity contribution in [3.63, 3.8) is 0 Å². The van der Waals surface area contributed by atoms with Crippen LogP contribution in [0.5, 0.6) is 0 Å². The summed E-state index contributed by atoms with van der Waals surface area (Å²) in [6.45, 7) is 0. The highest BCUT2D eigenvalue weighted by atomic mass is 35.5. The molecule has 0 atom stereocenters. The van der Waals surface area contributed by atoms with Crippen molar-refractivity contribution in [2.45, 2.75) is 0 Å². The Morgan fingerprint density at radius 3 is 2.92 bits per heavy atom. The summed E-state index contributed by atoms with van der Waals surface area (Å²) in [5.74, 6) is 0.518. The summed E-state index contributed by atoms with van der Waals surface area (Å²) in [6, 6.07) is 11.0. The van der Waals surface area contributed by atoms with Crippen molar-refractivity contribution < 1.29 is 4.79 Å². The normalized spacial score (nSPS) is 10.9. The maximum absolute atomic E-state index is 12.2. The van der Waals surface area contributed by atoms with Gasteiger partial charge in [0.2, 0.25) is 0 Å². The zero-order valence-electron chi connectivity index (χ0n) is 12.3. The van der Waals surface area contributed by atoms with E-state index >= 15 is 0 Å². The molecule has 0 fully saturated rings. The zero-order chi connectivity index (χ0) is 16.5. The molecular weight excluding hydrogens is 344 g/mol. The van der Waals surface area contributed by atoms with Crippen molar-refractivity contribution in [3.8, 4) is 11.4 Å². The number of hydrogen-bond donors (Lipinski definition) is 2. The van der Waals surface area contributed by atoms with Crippen LogP contribution in [-0.4, -0.2) is 20.9 Å². The van der Waals surface area contributed by atoms with Crippen molar-refractivity contribution in [2.24, 2.45) is 0 Å². The van der Waals surface area contributed by atoms with Gasteiger partial charge in [-0.1, -0.05) is 11.6 Å². The molecule has 0 saturated heterocycles. The minimum absolute atomic E-state index is 0.221. The summed E-state index contributed by atoms with van der Waals surface area (Å²) in [4.78, 5) is 24.6. The van der Waals surface area contributed by atoms with E-state index in [-0.39, 0.29) is 5.91 Å². The molecule has 7 heteroatoms. The lowest BCUT2D eigenvalue weighted by Crippen LogP contribution is -2.10. The van der Waals surface area contributed by atoms with Crippen LogP contribution in [0.15, 0.2) is 54.2 Å². The van der Waals surface area contributed by atoms with E-state index in [1.807, 2.05) is 30.3 Å². The first kappa shape index (κ1) is 14.9. The average Bonchev–Trinajstić information content (AvgIpc) is 3.21. The number of nitrogens with one attached hydrogen (secondary N) is 2. The Morgan fingerprint density at radius 1 is 1.25 bits per heavy atom. The third kappa shape index (κ3) is 2.77. The van der Waals surface area contributed by atoms with Crippen molar-refractivity contribution in [2.75, 3.05) is 5.32 Å². The van der Waals surface area contributed by atoms with Crippen LogP contribution in [0, 0.1) is 0 Å². The number of imidazole rings is 1. The van der Waals surface area contributed by atoms with Gasteiger partial charge in [-0.05, 0) is 41.8 Å². The molecule has 24 heavy (non-hydrogen) atoms. The van der Waals surface area contributed by atoms with Gasteiger partial charge < -0.3 is 10.3 Å². The van der Waals surface area contributed by atoms with Gasteiger partial charge in [-0.15, -0.1) is 11.3 Å². The SMILES string of the molecule is O=C(Nc1ccc2nc(-c3cccnc3)[nH]c2c1)c1sccc1Cl. The average molecular weight is 355 g/mol. The molecule has 4 aromatic rings. The molecule has 0 aliphatic heterocycles. The van der Waals surface area contributed by atoms with Gasteiger partial charge >= 0.3 is 0 Å². The van der Waals surface area contributed by atoms with Crippen LogP contribution in [0.2, 0.25) is 5.02 Å². The Labute approximate surface area is 146 Å². The maximum atomic E-state index is 12.2. The van der Waals surface area contributed by atoms with E-state index in [0.717, 1.165) is 22.4 Å². The topological polar surface area (TPSA) is 70.7 Å². The Hall–Kier alpha value is -2.70. The molecule has 4 rings (SSSR count). The molecule has 0 saturated carbocycles. The lowest BCUT2D eigenvalue weighted by Gasteiger charge is -2.03. The summed E-state index contributed by atoms with van der Waals surface area (Å²) in [7, 11) is 0. The number of halogens is 1. The first-order chi connectivity index (χ1) is 11.7. The molecular formula is C17H11ClN4OS. The lowest BCUT2D eigenvalue weighted by atomic mass is 10.2. The zero-order valence-corrected chi connectivity index (χ0v) is 13.9. The van der Waals surface area contributed by atoms with Gasteiger partial charge in [0.05, 0.1) is 16.1 Å². The van der Waals surface area contributed by atoms with Crippen molar-refractivity contribution >= 4 is 45.6 Å². The summed E-state index contributed by atoms with van der Waals surface area (Å²) in [6.07, 6.45) is 3.47. The number of carbonyl (C=O) groups is 1. The second kappa shape index (κ2) is 6.07. The van der Waals surface area contributed by atoms with Gasteiger partial charge in [-0.2, -0.15) is 0 Å². The molecule has 2 N–H and O–H groups in total. The smallest absolute Gasteiger partial charge is 0.267 e. The van der Waals surface area contributed by atoms with E-state index in [1.54, 1.807) is 23.8 Å². The van der Waals surface area contributed by atoms with Gasteiger partial charge in [0.1, 0.15) is 10.7 Å². The van der Waals surface area contributed by atoms with Crippen molar-refractivity contribution in [3.05, 3.63) is 64.1 Å². The van der Waals surface area contributed by atoms with Crippen LogP contribution < -0.4 is 5.32 Å². The molecule has 0 aliphatic carbocycles. The van der Waals surface area contributed by atoms with E-state index in [2.05, 4.69) is 20.3 Å². The lowest BCUT2D eigenvalue weighted by molar-refractivity contribution is 0.103.